The van der Waals surface area contributed by atoms with E-state index in [1.54, 1.807) is 28.8 Å². The summed E-state index contributed by atoms with van der Waals surface area (Å²) in [7, 11) is 0. The summed E-state index contributed by atoms with van der Waals surface area (Å²) in [5, 5.41) is 5.02. The smallest absolute Gasteiger partial charge is 0.330 e. The van der Waals surface area contributed by atoms with Crippen LogP contribution in [0.1, 0.15) is 53.1 Å². The predicted octanol–water partition coefficient (Wildman–Crippen LogP) is 5.21. The molecule has 0 radical (unpaired) electrons. The SMILES string of the molecule is CC[C@H](c1cc2c(Br)c(C)nn2c(=O)n1Cc1ccccc1)N(CCCN)C(=O)c1ccc(Cl)cc1. The highest BCUT2D eigenvalue weighted by Gasteiger charge is 2.29. The van der Waals surface area contributed by atoms with Gasteiger partial charge in [0, 0.05) is 22.8 Å². The van der Waals surface area contributed by atoms with E-state index in [0.717, 1.165) is 21.4 Å². The van der Waals surface area contributed by atoms with Crippen LogP contribution >= 0.6 is 27.5 Å². The van der Waals surface area contributed by atoms with Crippen molar-refractivity contribution in [3.63, 3.8) is 0 Å². The summed E-state index contributed by atoms with van der Waals surface area (Å²) in [4.78, 5) is 29.3. The van der Waals surface area contributed by atoms with Crippen LogP contribution in [0.4, 0.5) is 0 Å². The monoisotopic (exact) mass is 569 g/mol. The van der Waals surface area contributed by atoms with Crippen LogP contribution in [0.15, 0.2) is 69.9 Å². The summed E-state index contributed by atoms with van der Waals surface area (Å²) in [6.07, 6.45) is 1.25. The molecule has 0 unspecified atom stereocenters. The Morgan fingerprint density at radius 2 is 1.86 bits per heavy atom. The third-order valence-corrected chi connectivity index (χ3v) is 7.50. The second kappa shape index (κ2) is 11.4. The summed E-state index contributed by atoms with van der Waals surface area (Å²) in [6.45, 7) is 5.14. The van der Waals surface area contributed by atoms with Crippen LogP contribution in [0.2, 0.25) is 5.02 Å². The van der Waals surface area contributed by atoms with E-state index < -0.39 is 0 Å². The topological polar surface area (TPSA) is 85.6 Å². The Labute approximate surface area is 223 Å². The van der Waals surface area contributed by atoms with Crippen molar-refractivity contribution in [3.05, 3.63) is 103 Å². The molecular formula is C27H29BrClN5O2. The molecule has 4 rings (SSSR count). The number of hydrogen-bond donors (Lipinski definition) is 1. The van der Waals surface area contributed by atoms with Crippen molar-refractivity contribution < 1.29 is 4.79 Å². The van der Waals surface area contributed by atoms with Crippen molar-refractivity contribution in [2.75, 3.05) is 13.1 Å². The molecule has 2 heterocycles. The summed E-state index contributed by atoms with van der Waals surface area (Å²) in [6, 6.07) is 18.3. The summed E-state index contributed by atoms with van der Waals surface area (Å²) < 4.78 is 3.91. The molecule has 2 aromatic carbocycles. The number of carbonyl (C=O) groups excluding carboxylic acids is 1. The first-order valence-corrected chi connectivity index (χ1v) is 13.1. The van der Waals surface area contributed by atoms with Gasteiger partial charge in [0.25, 0.3) is 5.91 Å². The largest absolute Gasteiger partial charge is 0.349 e. The Hall–Kier alpha value is -2.94. The van der Waals surface area contributed by atoms with Gasteiger partial charge in [-0.25, -0.2) is 4.79 Å². The highest BCUT2D eigenvalue weighted by Crippen LogP contribution is 2.30. The van der Waals surface area contributed by atoms with Crippen molar-refractivity contribution in [1.29, 1.82) is 0 Å². The fourth-order valence-electron chi connectivity index (χ4n) is 4.45. The Kier molecular flexibility index (Phi) is 8.28. The number of carbonyl (C=O) groups is 1. The molecule has 2 N–H and O–H groups in total. The lowest BCUT2D eigenvalue weighted by molar-refractivity contribution is 0.0660. The van der Waals surface area contributed by atoms with Gasteiger partial charge in [0.1, 0.15) is 0 Å². The maximum atomic E-state index is 13.8. The van der Waals surface area contributed by atoms with Gasteiger partial charge < -0.3 is 10.6 Å². The summed E-state index contributed by atoms with van der Waals surface area (Å²) in [5.74, 6) is -0.130. The Balaban J connectivity index is 1.90. The lowest BCUT2D eigenvalue weighted by Gasteiger charge is -2.33. The number of nitrogens with two attached hydrogens (primary N) is 1. The molecule has 1 amide bonds. The lowest BCUT2D eigenvalue weighted by atomic mass is 10.0. The van der Waals surface area contributed by atoms with Crippen LogP contribution in [0.3, 0.4) is 0 Å². The van der Waals surface area contributed by atoms with E-state index in [1.165, 1.54) is 4.52 Å². The number of aryl methyl sites for hydroxylation is 1. The highest BCUT2D eigenvalue weighted by molar-refractivity contribution is 9.10. The molecule has 0 aliphatic rings. The summed E-state index contributed by atoms with van der Waals surface area (Å²) in [5.41, 5.74) is 9.25. The molecule has 188 valence electrons. The first-order chi connectivity index (χ1) is 17.3. The number of nitrogens with zero attached hydrogens (tertiary/aromatic N) is 4. The molecule has 4 aromatic rings. The minimum Gasteiger partial charge on any atom is -0.330 e. The zero-order valence-electron chi connectivity index (χ0n) is 20.3. The number of fused-ring (bicyclic) bond motifs is 1. The first kappa shape index (κ1) is 26.1. The molecule has 0 saturated carbocycles. The number of benzene rings is 2. The predicted molar refractivity (Wildman–Crippen MR) is 147 cm³/mol. The Bertz CT molecular complexity index is 1420. The number of hydrogen-bond acceptors (Lipinski definition) is 4. The fraction of sp³-hybridized carbons (Fsp3) is 0.296. The molecule has 0 bridgehead atoms. The molecule has 0 aliphatic carbocycles. The van der Waals surface area contributed by atoms with Gasteiger partial charge >= 0.3 is 5.69 Å². The minimum atomic E-state index is -0.358. The number of aromatic nitrogens is 3. The van der Waals surface area contributed by atoms with Gasteiger partial charge in [0.2, 0.25) is 0 Å². The van der Waals surface area contributed by atoms with Gasteiger partial charge in [-0.1, -0.05) is 48.9 Å². The average molecular weight is 571 g/mol. The molecule has 0 fully saturated rings. The minimum absolute atomic E-state index is 0.130. The fourth-order valence-corrected chi connectivity index (χ4v) is 4.94. The van der Waals surface area contributed by atoms with Crippen molar-refractivity contribution in [2.24, 2.45) is 5.73 Å². The van der Waals surface area contributed by atoms with E-state index in [0.29, 0.717) is 48.6 Å². The van der Waals surface area contributed by atoms with Crippen molar-refractivity contribution in [3.8, 4) is 0 Å². The Morgan fingerprint density at radius 1 is 1.17 bits per heavy atom. The van der Waals surface area contributed by atoms with Crippen molar-refractivity contribution in [2.45, 2.75) is 39.3 Å². The third kappa shape index (κ3) is 5.26. The molecule has 1 atom stereocenters. The van der Waals surface area contributed by atoms with Crippen LogP contribution in [0.5, 0.6) is 0 Å². The average Bonchev–Trinajstić information content (AvgIpc) is 3.18. The van der Waals surface area contributed by atoms with Crippen LogP contribution in [0.25, 0.3) is 5.52 Å². The maximum Gasteiger partial charge on any atom is 0.349 e. The van der Waals surface area contributed by atoms with Gasteiger partial charge in [0.15, 0.2) is 0 Å². The third-order valence-electron chi connectivity index (χ3n) is 6.27. The van der Waals surface area contributed by atoms with E-state index in [4.69, 9.17) is 17.3 Å². The lowest BCUT2D eigenvalue weighted by Crippen LogP contribution is -2.40. The van der Waals surface area contributed by atoms with E-state index in [9.17, 15) is 9.59 Å². The highest BCUT2D eigenvalue weighted by atomic mass is 79.9. The Morgan fingerprint density at radius 3 is 2.50 bits per heavy atom. The van der Waals surface area contributed by atoms with E-state index >= 15 is 0 Å². The molecule has 0 aliphatic heterocycles. The molecule has 0 saturated heterocycles. The van der Waals surface area contributed by atoms with E-state index in [1.807, 2.05) is 55.1 Å². The molecular weight excluding hydrogens is 542 g/mol. The standard InChI is InChI=1S/C27H29BrClN5O2/c1-3-22(32(15-7-14-30)26(35)20-10-12-21(29)13-11-20)23-16-24-25(28)18(2)31-34(24)27(36)33(23)17-19-8-5-4-6-9-19/h4-6,8-13,16,22H,3,7,14-15,17,30H2,1-2H3/t22-/m1/s1. The van der Waals surface area contributed by atoms with E-state index in [-0.39, 0.29) is 17.6 Å². The number of amides is 1. The normalized spacial score (nSPS) is 12.1. The van der Waals surface area contributed by atoms with Gasteiger partial charge in [-0.15, -0.1) is 0 Å². The molecule has 7 nitrogen and oxygen atoms in total. The second-order valence-electron chi connectivity index (χ2n) is 8.69. The summed E-state index contributed by atoms with van der Waals surface area (Å²) >= 11 is 9.65. The molecule has 36 heavy (non-hydrogen) atoms. The van der Waals surface area contributed by atoms with Crippen LogP contribution in [0, 0.1) is 6.92 Å². The first-order valence-electron chi connectivity index (χ1n) is 11.9. The molecule has 2 aromatic heterocycles. The molecule has 9 heteroatoms. The van der Waals surface area contributed by atoms with Crippen LogP contribution in [-0.2, 0) is 6.54 Å². The quantitative estimate of drug-likeness (QED) is 0.299. The van der Waals surface area contributed by atoms with Crippen LogP contribution < -0.4 is 11.4 Å². The zero-order chi connectivity index (χ0) is 25.8. The number of halogens is 2. The van der Waals surface area contributed by atoms with Gasteiger partial charge in [0.05, 0.1) is 28.3 Å². The van der Waals surface area contributed by atoms with Gasteiger partial charge in [-0.3, -0.25) is 9.36 Å². The molecule has 0 spiro atoms. The van der Waals surface area contributed by atoms with Crippen molar-refractivity contribution >= 4 is 39.0 Å². The zero-order valence-corrected chi connectivity index (χ0v) is 22.7. The van der Waals surface area contributed by atoms with E-state index in [2.05, 4.69) is 21.0 Å². The number of rotatable bonds is 9. The van der Waals surface area contributed by atoms with Gasteiger partial charge in [-0.2, -0.15) is 9.61 Å². The van der Waals surface area contributed by atoms with Crippen LogP contribution in [-0.4, -0.2) is 38.1 Å². The second-order valence-corrected chi connectivity index (χ2v) is 9.92. The van der Waals surface area contributed by atoms with Crippen molar-refractivity contribution in [1.82, 2.24) is 19.1 Å². The van der Waals surface area contributed by atoms with Gasteiger partial charge in [-0.05, 0) is 78.1 Å². The maximum absolute atomic E-state index is 13.8.